The van der Waals surface area contributed by atoms with Crippen LogP contribution in [-0.4, -0.2) is 29.8 Å². The molecule has 1 aromatic rings. The molecule has 0 aromatic heterocycles. The van der Waals surface area contributed by atoms with Crippen LogP contribution in [0.15, 0.2) is 12.1 Å². The third-order valence-corrected chi connectivity index (χ3v) is 3.41. The van der Waals surface area contributed by atoms with E-state index in [2.05, 4.69) is 0 Å². The molecule has 0 saturated carbocycles. The third kappa shape index (κ3) is 2.71. The van der Waals surface area contributed by atoms with E-state index in [1.165, 1.54) is 4.90 Å². The molecule has 0 radical (unpaired) electrons. The molecule has 0 aliphatic carbocycles. The molecule has 1 fully saturated rings. The Kier molecular flexibility index (Phi) is 3.87. The summed E-state index contributed by atoms with van der Waals surface area (Å²) in [6.45, 7) is 0.489. The second kappa shape index (κ2) is 5.44. The molecule has 1 saturated heterocycles. The summed E-state index contributed by atoms with van der Waals surface area (Å²) in [5, 5.41) is 0. The monoisotopic (exact) mass is 283 g/mol. The van der Waals surface area contributed by atoms with Crippen molar-refractivity contribution >= 4 is 17.5 Å². The Morgan fingerprint density at radius 3 is 2.65 bits per heavy atom. The average molecular weight is 283 g/mol. The van der Waals surface area contributed by atoms with Crippen LogP contribution in [0, 0.1) is 17.6 Å². The first kappa shape index (κ1) is 14.2. The molecule has 1 unspecified atom stereocenters. The minimum Gasteiger partial charge on any atom is -0.396 e. The summed E-state index contributed by atoms with van der Waals surface area (Å²) in [4.78, 5) is 24.7. The highest BCUT2D eigenvalue weighted by Crippen LogP contribution is 2.22. The van der Waals surface area contributed by atoms with Gasteiger partial charge < -0.3 is 16.4 Å². The third-order valence-electron chi connectivity index (χ3n) is 3.41. The normalized spacial score (nSPS) is 18.9. The van der Waals surface area contributed by atoms with E-state index < -0.39 is 40.6 Å². The Labute approximate surface area is 114 Å². The highest BCUT2D eigenvalue weighted by Gasteiger charge is 2.29. The predicted molar refractivity (Wildman–Crippen MR) is 68.6 cm³/mol. The number of halogens is 2. The summed E-state index contributed by atoms with van der Waals surface area (Å²) < 4.78 is 27.1. The van der Waals surface area contributed by atoms with E-state index in [4.69, 9.17) is 11.5 Å². The van der Waals surface area contributed by atoms with Gasteiger partial charge in [0, 0.05) is 13.1 Å². The first-order valence-electron chi connectivity index (χ1n) is 6.23. The van der Waals surface area contributed by atoms with Crippen molar-refractivity contribution in [2.75, 3.05) is 18.8 Å². The standard InChI is InChI=1S/C13H15F2N3O2/c14-8-4-9(11(15)10(16)5-8)13(20)18-3-1-2-7(6-18)12(17)19/h4-5,7H,1-3,6,16H2,(H2,17,19). The van der Waals surface area contributed by atoms with Crippen LogP contribution in [0.25, 0.3) is 0 Å². The molecule has 1 atom stereocenters. The molecule has 1 aliphatic rings. The molecular weight excluding hydrogens is 268 g/mol. The summed E-state index contributed by atoms with van der Waals surface area (Å²) in [7, 11) is 0. The van der Waals surface area contributed by atoms with Gasteiger partial charge in [0.15, 0.2) is 5.82 Å². The summed E-state index contributed by atoms with van der Waals surface area (Å²) >= 11 is 0. The van der Waals surface area contributed by atoms with Gasteiger partial charge in [-0.3, -0.25) is 9.59 Å². The van der Waals surface area contributed by atoms with Crippen molar-refractivity contribution in [1.82, 2.24) is 4.90 Å². The summed E-state index contributed by atoms with van der Waals surface area (Å²) in [5.74, 6) is -3.36. The highest BCUT2D eigenvalue weighted by atomic mass is 19.1. The molecule has 1 aliphatic heterocycles. The molecule has 1 heterocycles. The highest BCUT2D eigenvalue weighted by molar-refractivity contribution is 5.96. The second-order valence-electron chi connectivity index (χ2n) is 4.85. The van der Waals surface area contributed by atoms with Crippen molar-refractivity contribution in [2.45, 2.75) is 12.8 Å². The quantitative estimate of drug-likeness (QED) is 0.790. The maximum Gasteiger partial charge on any atom is 0.257 e. The first-order valence-corrected chi connectivity index (χ1v) is 6.23. The fourth-order valence-electron chi connectivity index (χ4n) is 2.33. The van der Waals surface area contributed by atoms with Crippen LogP contribution in [-0.2, 0) is 4.79 Å². The van der Waals surface area contributed by atoms with Crippen molar-refractivity contribution in [3.63, 3.8) is 0 Å². The molecular formula is C13H15F2N3O2. The van der Waals surface area contributed by atoms with Crippen LogP contribution in [0.3, 0.4) is 0 Å². The number of likely N-dealkylation sites (tertiary alicyclic amines) is 1. The van der Waals surface area contributed by atoms with Gasteiger partial charge in [-0.2, -0.15) is 0 Å². The summed E-state index contributed by atoms with van der Waals surface area (Å²) in [5.41, 5.74) is 9.68. The minimum atomic E-state index is -0.947. The maximum atomic E-state index is 13.8. The number of carbonyl (C=O) groups is 2. The SMILES string of the molecule is NC(=O)C1CCCN(C(=O)c2cc(F)cc(N)c2F)C1. The number of amides is 2. The topological polar surface area (TPSA) is 89.4 Å². The zero-order valence-corrected chi connectivity index (χ0v) is 10.7. The van der Waals surface area contributed by atoms with E-state index in [0.29, 0.717) is 19.4 Å². The maximum absolute atomic E-state index is 13.8. The lowest BCUT2D eigenvalue weighted by Crippen LogP contribution is -2.44. The van der Waals surface area contributed by atoms with Gasteiger partial charge in [-0.1, -0.05) is 0 Å². The van der Waals surface area contributed by atoms with Crippen LogP contribution in [0.1, 0.15) is 23.2 Å². The Morgan fingerprint density at radius 2 is 2.00 bits per heavy atom. The number of rotatable bonds is 2. The van der Waals surface area contributed by atoms with Gasteiger partial charge in [0.05, 0.1) is 17.2 Å². The Hall–Kier alpha value is -2.18. The lowest BCUT2D eigenvalue weighted by atomic mass is 9.97. The fourth-order valence-corrected chi connectivity index (χ4v) is 2.33. The van der Waals surface area contributed by atoms with Gasteiger partial charge in [0.1, 0.15) is 5.82 Å². The molecule has 1 aromatic carbocycles. The van der Waals surface area contributed by atoms with Crippen molar-refractivity contribution in [1.29, 1.82) is 0 Å². The number of anilines is 1. The van der Waals surface area contributed by atoms with Crippen LogP contribution >= 0.6 is 0 Å². The summed E-state index contributed by atoms with van der Waals surface area (Å²) in [6, 6.07) is 1.62. The number of hydrogen-bond acceptors (Lipinski definition) is 3. The number of nitrogen functional groups attached to an aromatic ring is 1. The average Bonchev–Trinajstić information content (AvgIpc) is 2.42. The molecule has 5 nitrogen and oxygen atoms in total. The smallest absolute Gasteiger partial charge is 0.257 e. The Morgan fingerprint density at radius 1 is 1.30 bits per heavy atom. The van der Waals surface area contributed by atoms with E-state index in [1.54, 1.807) is 0 Å². The van der Waals surface area contributed by atoms with Gasteiger partial charge in [-0.15, -0.1) is 0 Å². The second-order valence-corrected chi connectivity index (χ2v) is 4.85. The van der Waals surface area contributed by atoms with Crippen LogP contribution in [0.5, 0.6) is 0 Å². The van der Waals surface area contributed by atoms with Gasteiger partial charge >= 0.3 is 0 Å². The van der Waals surface area contributed by atoms with Gasteiger partial charge in [0.2, 0.25) is 5.91 Å². The summed E-state index contributed by atoms with van der Waals surface area (Å²) in [6.07, 6.45) is 1.18. The molecule has 2 amide bonds. The molecule has 20 heavy (non-hydrogen) atoms. The van der Waals surface area contributed by atoms with E-state index in [1.807, 2.05) is 0 Å². The number of primary amides is 1. The Bertz CT molecular complexity index is 563. The molecule has 108 valence electrons. The zero-order chi connectivity index (χ0) is 14.9. The van der Waals surface area contributed by atoms with Gasteiger partial charge in [0.25, 0.3) is 5.91 Å². The van der Waals surface area contributed by atoms with Crippen molar-refractivity contribution < 1.29 is 18.4 Å². The number of benzene rings is 1. The molecule has 0 bridgehead atoms. The number of hydrogen-bond donors (Lipinski definition) is 2. The Balaban J connectivity index is 2.25. The lowest BCUT2D eigenvalue weighted by Gasteiger charge is -2.31. The first-order chi connectivity index (χ1) is 9.40. The van der Waals surface area contributed by atoms with Crippen molar-refractivity contribution in [3.8, 4) is 0 Å². The van der Waals surface area contributed by atoms with E-state index in [9.17, 15) is 18.4 Å². The van der Waals surface area contributed by atoms with Gasteiger partial charge in [-0.05, 0) is 25.0 Å². The molecule has 4 N–H and O–H groups in total. The van der Waals surface area contributed by atoms with Crippen LogP contribution < -0.4 is 11.5 Å². The largest absolute Gasteiger partial charge is 0.396 e. The zero-order valence-electron chi connectivity index (χ0n) is 10.7. The molecule has 0 spiro atoms. The van der Waals surface area contributed by atoms with E-state index in [0.717, 1.165) is 12.1 Å². The molecule has 2 rings (SSSR count). The van der Waals surface area contributed by atoms with Crippen molar-refractivity contribution in [2.24, 2.45) is 11.7 Å². The number of carbonyl (C=O) groups excluding carboxylic acids is 2. The van der Waals surface area contributed by atoms with Crippen LogP contribution in [0.2, 0.25) is 0 Å². The fraction of sp³-hybridized carbons (Fsp3) is 0.385. The minimum absolute atomic E-state index is 0.115. The van der Waals surface area contributed by atoms with E-state index >= 15 is 0 Å². The number of nitrogens with zero attached hydrogens (tertiary/aromatic N) is 1. The van der Waals surface area contributed by atoms with Crippen LogP contribution in [0.4, 0.5) is 14.5 Å². The lowest BCUT2D eigenvalue weighted by molar-refractivity contribution is -0.123. The number of nitrogens with two attached hydrogens (primary N) is 2. The van der Waals surface area contributed by atoms with Crippen molar-refractivity contribution in [3.05, 3.63) is 29.3 Å². The van der Waals surface area contributed by atoms with Gasteiger partial charge in [-0.25, -0.2) is 8.78 Å². The van der Waals surface area contributed by atoms with E-state index in [-0.39, 0.29) is 6.54 Å². The molecule has 7 heteroatoms. The number of piperidine rings is 1. The predicted octanol–water partition coefficient (Wildman–Crippen LogP) is 0.884.